The molecular weight excluding hydrogens is 326 g/mol. The Morgan fingerprint density at radius 3 is 2.95 bits per heavy atom. The highest BCUT2D eigenvalue weighted by Crippen LogP contribution is 2.19. The molecule has 102 valence electrons. The molecule has 6 heteroatoms. The van der Waals surface area contributed by atoms with E-state index in [4.69, 9.17) is 0 Å². The molecule has 2 heterocycles. The fourth-order valence-electron chi connectivity index (χ4n) is 1.77. The fraction of sp³-hybridized carbons (Fsp3) is 0.385. The number of thiophene rings is 1. The average Bonchev–Trinajstić information content (AvgIpc) is 2.96. The first-order valence-electron chi connectivity index (χ1n) is 5.98. The van der Waals surface area contributed by atoms with E-state index in [1.54, 1.807) is 22.2 Å². The highest BCUT2D eigenvalue weighted by molar-refractivity contribution is 9.10. The molecule has 2 rings (SSSR count). The van der Waals surface area contributed by atoms with E-state index in [0.29, 0.717) is 18.7 Å². The maximum atomic E-state index is 12.4. The summed E-state index contributed by atoms with van der Waals surface area (Å²) < 4.78 is 2.55. The van der Waals surface area contributed by atoms with Crippen molar-refractivity contribution in [3.8, 4) is 0 Å². The number of ketones is 1. The number of likely N-dealkylation sites (N-methyl/N-ethyl adjacent to an activating group) is 1. The Bertz CT molecular complexity index is 548. The summed E-state index contributed by atoms with van der Waals surface area (Å²) in [4.78, 5) is 14.4. The molecule has 0 saturated carbocycles. The lowest BCUT2D eigenvalue weighted by atomic mass is 10.1. The monoisotopic (exact) mass is 341 g/mol. The van der Waals surface area contributed by atoms with Gasteiger partial charge in [-0.15, -0.1) is 0 Å². The van der Waals surface area contributed by atoms with Crippen molar-refractivity contribution in [2.75, 3.05) is 20.6 Å². The van der Waals surface area contributed by atoms with Gasteiger partial charge in [-0.05, 0) is 52.4 Å². The van der Waals surface area contributed by atoms with Crippen LogP contribution in [0, 0.1) is 0 Å². The summed E-state index contributed by atoms with van der Waals surface area (Å²) in [6.45, 7) is 1.57. The number of rotatable bonds is 6. The lowest BCUT2D eigenvalue weighted by Crippen LogP contribution is -2.22. The van der Waals surface area contributed by atoms with E-state index in [1.807, 2.05) is 30.9 Å². The Hall–Kier alpha value is -0.980. The zero-order valence-electron chi connectivity index (χ0n) is 11.0. The van der Waals surface area contributed by atoms with Gasteiger partial charge in [0.2, 0.25) is 0 Å². The average molecular weight is 342 g/mol. The fourth-order valence-corrected chi connectivity index (χ4v) is 2.95. The molecule has 0 fully saturated rings. The summed E-state index contributed by atoms with van der Waals surface area (Å²) in [6.07, 6.45) is 2.12. The Labute approximate surface area is 125 Å². The van der Waals surface area contributed by atoms with Gasteiger partial charge in [0.25, 0.3) is 0 Å². The number of nitrogens with zero attached hydrogens (tertiary/aromatic N) is 3. The SMILES string of the molecule is CN(C)CCn1ncc(Br)c1C(=O)Cc1ccsc1. The van der Waals surface area contributed by atoms with Crippen LogP contribution in [0.1, 0.15) is 16.1 Å². The lowest BCUT2D eigenvalue weighted by Gasteiger charge is -2.11. The van der Waals surface area contributed by atoms with Crippen molar-refractivity contribution >= 4 is 33.0 Å². The van der Waals surface area contributed by atoms with Crippen LogP contribution in [-0.4, -0.2) is 41.1 Å². The molecule has 0 bridgehead atoms. The van der Waals surface area contributed by atoms with Crippen LogP contribution >= 0.6 is 27.3 Å². The summed E-state index contributed by atoms with van der Waals surface area (Å²) in [7, 11) is 4.01. The molecular formula is C13H16BrN3OS. The van der Waals surface area contributed by atoms with Crippen LogP contribution in [0.15, 0.2) is 27.5 Å². The van der Waals surface area contributed by atoms with Crippen LogP contribution in [-0.2, 0) is 13.0 Å². The minimum absolute atomic E-state index is 0.0986. The minimum atomic E-state index is 0.0986. The van der Waals surface area contributed by atoms with E-state index < -0.39 is 0 Å². The van der Waals surface area contributed by atoms with Crippen LogP contribution < -0.4 is 0 Å². The third kappa shape index (κ3) is 3.75. The first kappa shape index (κ1) is 14.4. The number of Topliss-reactive ketones (excluding diaryl/α,β-unsaturated/α-hetero) is 1. The topological polar surface area (TPSA) is 38.1 Å². The van der Waals surface area contributed by atoms with E-state index in [1.165, 1.54) is 0 Å². The summed E-state index contributed by atoms with van der Waals surface area (Å²) in [5.41, 5.74) is 1.72. The Morgan fingerprint density at radius 2 is 2.32 bits per heavy atom. The van der Waals surface area contributed by atoms with E-state index in [2.05, 4.69) is 25.9 Å². The van der Waals surface area contributed by atoms with E-state index in [0.717, 1.165) is 16.6 Å². The summed E-state index contributed by atoms with van der Waals surface area (Å²) >= 11 is 5.02. The third-order valence-corrected chi connectivity index (χ3v) is 4.08. The van der Waals surface area contributed by atoms with Crippen LogP contribution in [0.5, 0.6) is 0 Å². The second-order valence-electron chi connectivity index (χ2n) is 4.60. The highest BCUT2D eigenvalue weighted by atomic mass is 79.9. The first-order chi connectivity index (χ1) is 9.08. The van der Waals surface area contributed by atoms with Gasteiger partial charge < -0.3 is 4.90 Å². The summed E-state index contributed by atoms with van der Waals surface area (Å²) in [5.74, 6) is 0.0986. The first-order valence-corrected chi connectivity index (χ1v) is 7.72. The highest BCUT2D eigenvalue weighted by Gasteiger charge is 2.17. The third-order valence-electron chi connectivity index (χ3n) is 2.76. The van der Waals surface area contributed by atoms with Crippen molar-refractivity contribution in [1.82, 2.24) is 14.7 Å². The normalized spacial score (nSPS) is 11.2. The van der Waals surface area contributed by atoms with Gasteiger partial charge in [0.05, 0.1) is 17.2 Å². The van der Waals surface area contributed by atoms with Crippen molar-refractivity contribution in [1.29, 1.82) is 0 Å². The maximum Gasteiger partial charge on any atom is 0.186 e. The van der Waals surface area contributed by atoms with Gasteiger partial charge >= 0.3 is 0 Å². The van der Waals surface area contributed by atoms with Crippen molar-refractivity contribution in [3.63, 3.8) is 0 Å². The standard InChI is InChI=1S/C13H16BrN3OS/c1-16(2)4-5-17-13(11(14)8-15-17)12(18)7-10-3-6-19-9-10/h3,6,8-9H,4-5,7H2,1-2H3. The van der Waals surface area contributed by atoms with Gasteiger partial charge in [-0.25, -0.2) is 0 Å². The Kier molecular flexibility index (Phi) is 4.90. The summed E-state index contributed by atoms with van der Waals surface area (Å²) in [6, 6.07) is 1.98. The zero-order valence-corrected chi connectivity index (χ0v) is 13.4. The van der Waals surface area contributed by atoms with Gasteiger partial charge in [-0.1, -0.05) is 0 Å². The molecule has 0 saturated heterocycles. The van der Waals surface area contributed by atoms with Crippen LogP contribution in [0.25, 0.3) is 0 Å². The molecule has 0 atom stereocenters. The predicted octanol–water partition coefficient (Wildman–Crippen LogP) is 2.69. The van der Waals surface area contributed by atoms with Crippen molar-refractivity contribution < 1.29 is 4.79 Å². The Morgan fingerprint density at radius 1 is 1.53 bits per heavy atom. The van der Waals surface area contributed by atoms with Crippen molar-refractivity contribution in [2.24, 2.45) is 0 Å². The van der Waals surface area contributed by atoms with Gasteiger partial charge in [0.15, 0.2) is 5.78 Å². The maximum absolute atomic E-state index is 12.4. The molecule has 19 heavy (non-hydrogen) atoms. The molecule has 0 unspecified atom stereocenters. The minimum Gasteiger partial charge on any atom is -0.308 e. The lowest BCUT2D eigenvalue weighted by molar-refractivity contribution is 0.0981. The number of aromatic nitrogens is 2. The van der Waals surface area contributed by atoms with Gasteiger partial charge in [0.1, 0.15) is 5.69 Å². The number of carbonyl (C=O) groups is 1. The molecule has 0 radical (unpaired) electrons. The molecule has 0 aliphatic heterocycles. The smallest absolute Gasteiger partial charge is 0.186 e. The van der Waals surface area contributed by atoms with Crippen LogP contribution in [0.4, 0.5) is 0 Å². The number of hydrogen-bond donors (Lipinski definition) is 0. The number of hydrogen-bond acceptors (Lipinski definition) is 4. The Balaban J connectivity index is 2.14. The molecule has 2 aromatic rings. The van der Waals surface area contributed by atoms with Crippen LogP contribution in [0.2, 0.25) is 0 Å². The number of carbonyl (C=O) groups excluding carboxylic acids is 1. The van der Waals surface area contributed by atoms with Gasteiger partial charge in [-0.3, -0.25) is 9.48 Å². The molecule has 0 aromatic carbocycles. The molecule has 0 amide bonds. The second-order valence-corrected chi connectivity index (χ2v) is 6.23. The largest absolute Gasteiger partial charge is 0.308 e. The number of halogens is 1. The predicted molar refractivity (Wildman–Crippen MR) is 80.8 cm³/mol. The molecule has 0 aliphatic rings. The molecule has 0 N–H and O–H groups in total. The van der Waals surface area contributed by atoms with Gasteiger partial charge in [-0.2, -0.15) is 16.4 Å². The van der Waals surface area contributed by atoms with E-state index in [9.17, 15) is 4.79 Å². The van der Waals surface area contributed by atoms with E-state index in [-0.39, 0.29) is 5.78 Å². The molecule has 0 spiro atoms. The summed E-state index contributed by atoms with van der Waals surface area (Å²) in [5, 5.41) is 8.26. The second kappa shape index (κ2) is 6.45. The van der Waals surface area contributed by atoms with E-state index >= 15 is 0 Å². The van der Waals surface area contributed by atoms with Crippen molar-refractivity contribution in [2.45, 2.75) is 13.0 Å². The molecule has 0 aliphatic carbocycles. The quantitative estimate of drug-likeness (QED) is 0.758. The molecule has 4 nitrogen and oxygen atoms in total. The van der Waals surface area contributed by atoms with Gasteiger partial charge in [0, 0.05) is 13.0 Å². The van der Waals surface area contributed by atoms with Crippen LogP contribution in [0.3, 0.4) is 0 Å². The molecule has 2 aromatic heterocycles. The van der Waals surface area contributed by atoms with Crippen molar-refractivity contribution in [3.05, 3.63) is 38.8 Å². The zero-order chi connectivity index (χ0) is 13.8.